The minimum absolute atomic E-state index is 0.00425. The van der Waals surface area contributed by atoms with Crippen LogP contribution in [0, 0.1) is 11.3 Å². The van der Waals surface area contributed by atoms with Crippen LogP contribution in [0.4, 0.5) is 0 Å². The molecule has 0 heterocycles. The van der Waals surface area contributed by atoms with Crippen LogP contribution >= 0.6 is 0 Å². The van der Waals surface area contributed by atoms with E-state index in [2.05, 4.69) is 0 Å². The van der Waals surface area contributed by atoms with E-state index in [1.807, 2.05) is 13.8 Å². The number of aliphatic carboxylic acids is 1. The van der Waals surface area contributed by atoms with Crippen molar-refractivity contribution in [2.24, 2.45) is 11.3 Å². The maximum Gasteiger partial charge on any atom is 0.309 e. The summed E-state index contributed by atoms with van der Waals surface area (Å²) in [7, 11) is 0. The van der Waals surface area contributed by atoms with Gasteiger partial charge in [0.15, 0.2) is 0 Å². The van der Waals surface area contributed by atoms with E-state index in [4.69, 9.17) is 5.11 Å². The van der Waals surface area contributed by atoms with E-state index in [0.29, 0.717) is 12.8 Å². The molecule has 0 spiro atoms. The molecule has 0 aliphatic heterocycles. The highest BCUT2D eigenvalue weighted by molar-refractivity contribution is 5.81. The van der Waals surface area contributed by atoms with Crippen molar-refractivity contribution in [2.45, 2.75) is 40.5 Å². The van der Waals surface area contributed by atoms with Gasteiger partial charge in [-0.05, 0) is 20.3 Å². The van der Waals surface area contributed by atoms with Gasteiger partial charge in [0.1, 0.15) is 5.78 Å². The molecular weight excluding hydrogens is 168 g/mol. The van der Waals surface area contributed by atoms with Crippen molar-refractivity contribution < 1.29 is 14.7 Å². The Morgan fingerprint density at radius 3 is 2.08 bits per heavy atom. The Hall–Kier alpha value is -0.860. The predicted molar refractivity (Wildman–Crippen MR) is 50.5 cm³/mol. The molecule has 0 aliphatic carbocycles. The van der Waals surface area contributed by atoms with Gasteiger partial charge in [0, 0.05) is 12.3 Å². The molecule has 0 unspecified atom stereocenters. The Kier molecular flexibility index (Phi) is 4.11. The number of rotatable bonds is 5. The van der Waals surface area contributed by atoms with E-state index in [-0.39, 0.29) is 11.7 Å². The molecule has 0 atom stereocenters. The van der Waals surface area contributed by atoms with Crippen molar-refractivity contribution in [3.8, 4) is 0 Å². The fourth-order valence-electron chi connectivity index (χ4n) is 0.831. The highest BCUT2D eigenvalue weighted by atomic mass is 16.4. The molecule has 0 aromatic rings. The Morgan fingerprint density at radius 2 is 1.77 bits per heavy atom. The van der Waals surface area contributed by atoms with E-state index < -0.39 is 11.4 Å². The topological polar surface area (TPSA) is 54.4 Å². The average Bonchev–Trinajstić information content (AvgIpc) is 1.99. The van der Waals surface area contributed by atoms with Crippen LogP contribution in [0.3, 0.4) is 0 Å². The van der Waals surface area contributed by atoms with Gasteiger partial charge in [-0.2, -0.15) is 0 Å². The lowest BCUT2D eigenvalue weighted by molar-refractivity contribution is -0.147. The molecule has 0 aromatic heterocycles. The number of carbonyl (C=O) groups is 2. The average molecular weight is 186 g/mol. The fourth-order valence-corrected chi connectivity index (χ4v) is 0.831. The minimum Gasteiger partial charge on any atom is -0.481 e. The molecule has 0 amide bonds. The van der Waals surface area contributed by atoms with Crippen LogP contribution in [-0.2, 0) is 9.59 Å². The van der Waals surface area contributed by atoms with E-state index in [1.54, 1.807) is 13.8 Å². The van der Waals surface area contributed by atoms with Gasteiger partial charge in [0.25, 0.3) is 0 Å². The zero-order valence-corrected chi connectivity index (χ0v) is 8.76. The summed E-state index contributed by atoms with van der Waals surface area (Å²) < 4.78 is 0. The maximum atomic E-state index is 11.2. The summed E-state index contributed by atoms with van der Waals surface area (Å²) in [5, 5.41) is 8.78. The summed E-state index contributed by atoms with van der Waals surface area (Å²) in [6, 6.07) is 0. The third-order valence-corrected chi connectivity index (χ3v) is 2.22. The Labute approximate surface area is 79.1 Å². The van der Waals surface area contributed by atoms with E-state index in [0.717, 1.165) is 0 Å². The first-order valence-electron chi connectivity index (χ1n) is 4.53. The minimum atomic E-state index is -0.843. The highest BCUT2D eigenvalue weighted by Crippen LogP contribution is 2.23. The monoisotopic (exact) mass is 186 g/mol. The molecule has 0 fully saturated rings. The number of hydrogen-bond acceptors (Lipinski definition) is 2. The van der Waals surface area contributed by atoms with Gasteiger partial charge in [0.05, 0.1) is 5.41 Å². The molecule has 0 saturated heterocycles. The van der Waals surface area contributed by atoms with Gasteiger partial charge in [-0.15, -0.1) is 0 Å². The van der Waals surface area contributed by atoms with Crippen LogP contribution in [0.1, 0.15) is 40.5 Å². The predicted octanol–water partition coefficient (Wildman–Crippen LogP) is 2.10. The molecule has 3 heteroatoms. The standard InChI is InChI=1S/C10H18O3/c1-7(2)8(11)5-6-10(3,4)9(12)13/h7H,5-6H2,1-4H3,(H,12,13). The van der Waals surface area contributed by atoms with Crippen LogP contribution in [0.15, 0.2) is 0 Å². The van der Waals surface area contributed by atoms with E-state index in [1.165, 1.54) is 0 Å². The molecule has 0 bridgehead atoms. The molecule has 0 aromatic carbocycles. The van der Waals surface area contributed by atoms with Crippen molar-refractivity contribution in [3.63, 3.8) is 0 Å². The molecule has 0 rings (SSSR count). The smallest absolute Gasteiger partial charge is 0.309 e. The van der Waals surface area contributed by atoms with Crippen molar-refractivity contribution in [1.29, 1.82) is 0 Å². The second-order valence-electron chi connectivity index (χ2n) is 4.31. The first kappa shape index (κ1) is 12.1. The third kappa shape index (κ3) is 4.06. The van der Waals surface area contributed by atoms with Crippen LogP contribution < -0.4 is 0 Å². The molecule has 76 valence electrons. The van der Waals surface area contributed by atoms with Crippen LogP contribution in [0.5, 0.6) is 0 Å². The molecule has 0 radical (unpaired) electrons. The van der Waals surface area contributed by atoms with Gasteiger partial charge in [-0.3, -0.25) is 9.59 Å². The van der Waals surface area contributed by atoms with Crippen LogP contribution in [0.2, 0.25) is 0 Å². The summed E-state index contributed by atoms with van der Waals surface area (Å²) in [6.45, 7) is 6.94. The molecule has 13 heavy (non-hydrogen) atoms. The molecule has 0 saturated carbocycles. The first-order chi connectivity index (χ1) is 5.77. The summed E-state index contributed by atoms with van der Waals surface area (Å²) >= 11 is 0. The summed E-state index contributed by atoms with van der Waals surface area (Å²) in [5.74, 6) is -0.706. The lowest BCUT2D eigenvalue weighted by Crippen LogP contribution is -2.25. The van der Waals surface area contributed by atoms with Gasteiger partial charge in [0.2, 0.25) is 0 Å². The van der Waals surface area contributed by atoms with Crippen LogP contribution in [0.25, 0.3) is 0 Å². The summed E-state index contributed by atoms with van der Waals surface area (Å²) in [5.41, 5.74) is -0.787. The summed E-state index contributed by atoms with van der Waals surface area (Å²) in [6.07, 6.45) is 0.774. The van der Waals surface area contributed by atoms with Crippen molar-refractivity contribution in [2.75, 3.05) is 0 Å². The molecule has 1 N–H and O–H groups in total. The number of Topliss-reactive ketones (excluding diaryl/α,β-unsaturated/α-hetero) is 1. The highest BCUT2D eigenvalue weighted by Gasteiger charge is 2.27. The summed E-state index contributed by atoms with van der Waals surface area (Å²) in [4.78, 5) is 21.9. The van der Waals surface area contributed by atoms with Gasteiger partial charge >= 0.3 is 5.97 Å². The first-order valence-corrected chi connectivity index (χ1v) is 4.53. The second kappa shape index (κ2) is 4.40. The normalized spacial score (nSPS) is 11.8. The molecule has 3 nitrogen and oxygen atoms in total. The Balaban J connectivity index is 4.03. The third-order valence-electron chi connectivity index (χ3n) is 2.22. The maximum absolute atomic E-state index is 11.2. The van der Waals surface area contributed by atoms with E-state index >= 15 is 0 Å². The number of hydrogen-bond donors (Lipinski definition) is 1. The molecular formula is C10H18O3. The quantitative estimate of drug-likeness (QED) is 0.715. The number of carboxylic acid groups (broad SMARTS) is 1. The van der Waals surface area contributed by atoms with Gasteiger partial charge in [-0.25, -0.2) is 0 Å². The SMILES string of the molecule is CC(C)C(=O)CCC(C)(C)C(=O)O. The number of carboxylic acids is 1. The van der Waals surface area contributed by atoms with Gasteiger partial charge in [-0.1, -0.05) is 13.8 Å². The fraction of sp³-hybridized carbons (Fsp3) is 0.800. The zero-order valence-electron chi connectivity index (χ0n) is 8.76. The molecule has 0 aliphatic rings. The largest absolute Gasteiger partial charge is 0.481 e. The second-order valence-corrected chi connectivity index (χ2v) is 4.31. The van der Waals surface area contributed by atoms with E-state index in [9.17, 15) is 9.59 Å². The lowest BCUT2D eigenvalue weighted by Gasteiger charge is -2.18. The Morgan fingerprint density at radius 1 is 1.31 bits per heavy atom. The van der Waals surface area contributed by atoms with Crippen molar-refractivity contribution in [1.82, 2.24) is 0 Å². The Bertz CT molecular complexity index is 204. The van der Waals surface area contributed by atoms with Crippen LogP contribution in [-0.4, -0.2) is 16.9 Å². The number of ketones is 1. The van der Waals surface area contributed by atoms with Gasteiger partial charge < -0.3 is 5.11 Å². The lowest BCUT2D eigenvalue weighted by atomic mass is 9.86. The number of carbonyl (C=O) groups excluding carboxylic acids is 1. The van der Waals surface area contributed by atoms with Crippen molar-refractivity contribution >= 4 is 11.8 Å². The zero-order chi connectivity index (χ0) is 10.6. The van der Waals surface area contributed by atoms with Crippen molar-refractivity contribution in [3.05, 3.63) is 0 Å².